The summed E-state index contributed by atoms with van der Waals surface area (Å²) in [6.45, 7) is 7.24. The van der Waals surface area contributed by atoms with Crippen molar-refractivity contribution in [3.8, 4) is 0 Å². The van der Waals surface area contributed by atoms with E-state index in [9.17, 15) is 0 Å². The Morgan fingerprint density at radius 1 is 1.42 bits per heavy atom. The molecular formula is C14H18N2O2S. The van der Waals surface area contributed by atoms with Gasteiger partial charge in [-0.3, -0.25) is 4.90 Å². The van der Waals surface area contributed by atoms with Gasteiger partial charge in [-0.2, -0.15) is 0 Å². The number of hydrogen-bond acceptors (Lipinski definition) is 5. The molecule has 0 radical (unpaired) electrons. The van der Waals surface area contributed by atoms with Gasteiger partial charge in [0.2, 0.25) is 0 Å². The zero-order valence-corrected chi connectivity index (χ0v) is 12.1. The Balaban J connectivity index is 1.77. The molecule has 3 heterocycles. The minimum absolute atomic E-state index is 0.248. The maximum absolute atomic E-state index is 5.68. The van der Waals surface area contributed by atoms with Crippen LogP contribution in [-0.4, -0.2) is 29.6 Å². The monoisotopic (exact) mass is 278 g/mol. The lowest BCUT2D eigenvalue weighted by Crippen LogP contribution is -2.38. The molecule has 1 saturated heterocycles. The first-order chi connectivity index (χ1) is 9.22. The van der Waals surface area contributed by atoms with E-state index in [-0.39, 0.29) is 6.04 Å². The lowest BCUT2D eigenvalue weighted by Gasteiger charge is -2.33. The van der Waals surface area contributed by atoms with Crippen molar-refractivity contribution in [1.82, 2.24) is 9.88 Å². The van der Waals surface area contributed by atoms with Gasteiger partial charge in [-0.1, -0.05) is 0 Å². The molecule has 0 N–H and O–H groups in total. The lowest BCUT2D eigenvalue weighted by molar-refractivity contribution is -0.0155. The fourth-order valence-electron chi connectivity index (χ4n) is 2.35. The number of aromatic nitrogens is 1. The molecule has 4 nitrogen and oxygen atoms in total. The predicted molar refractivity (Wildman–Crippen MR) is 74.3 cm³/mol. The first-order valence-corrected chi connectivity index (χ1v) is 7.39. The maximum atomic E-state index is 5.68. The summed E-state index contributed by atoms with van der Waals surface area (Å²) >= 11 is 1.71. The number of morpholine rings is 1. The molecule has 0 unspecified atom stereocenters. The molecule has 1 aliphatic rings. The van der Waals surface area contributed by atoms with Crippen molar-refractivity contribution >= 4 is 11.3 Å². The van der Waals surface area contributed by atoms with Crippen molar-refractivity contribution < 1.29 is 9.15 Å². The number of furan rings is 1. The molecular weight excluding hydrogens is 260 g/mol. The van der Waals surface area contributed by atoms with Crippen LogP contribution in [-0.2, 0) is 11.3 Å². The van der Waals surface area contributed by atoms with Gasteiger partial charge >= 0.3 is 0 Å². The third-order valence-corrected chi connectivity index (χ3v) is 4.38. The van der Waals surface area contributed by atoms with Crippen molar-refractivity contribution in [3.05, 3.63) is 39.7 Å². The van der Waals surface area contributed by atoms with Gasteiger partial charge in [0.05, 0.1) is 25.8 Å². The van der Waals surface area contributed by atoms with Crippen LogP contribution in [0.15, 0.2) is 21.9 Å². The lowest BCUT2D eigenvalue weighted by atomic mass is 10.2. The summed E-state index contributed by atoms with van der Waals surface area (Å²) in [6, 6.07) is 4.31. The smallest absolute Gasteiger partial charge is 0.118 e. The number of nitrogens with zero attached hydrogens (tertiary/aromatic N) is 2. The summed E-state index contributed by atoms with van der Waals surface area (Å²) in [7, 11) is 0. The van der Waals surface area contributed by atoms with Gasteiger partial charge in [0.25, 0.3) is 0 Å². The van der Waals surface area contributed by atoms with Crippen LogP contribution in [0.5, 0.6) is 0 Å². The van der Waals surface area contributed by atoms with Gasteiger partial charge < -0.3 is 9.15 Å². The van der Waals surface area contributed by atoms with Gasteiger partial charge in [-0.25, -0.2) is 4.98 Å². The highest BCUT2D eigenvalue weighted by atomic mass is 32.1. The first kappa shape index (κ1) is 12.8. The molecule has 19 heavy (non-hydrogen) atoms. The largest absolute Gasteiger partial charge is 0.465 e. The molecule has 1 fully saturated rings. The summed E-state index contributed by atoms with van der Waals surface area (Å²) in [5, 5.41) is 3.24. The molecule has 0 amide bonds. The molecule has 0 saturated carbocycles. The zero-order valence-electron chi connectivity index (χ0n) is 11.3. The molecule has 5 heteroatoms. The van der Waals surface area contributed by atoms with E-state index in [1.54, 1.807) is 11.3 Å². The third-order valence-electron chi connectivity index (χ3n) is 3.32. The van der Waals surface area contributed by atoms with Crippen LogP contribution in [0.25, 0.3) is 0 Å². The number of thiazole rings is 1. The molecule has 2 aromatic rings. The van der Waals surface area contributed by atoms with Crippen LogP contribution in [0.3, 0.4) is 0 Å². The minimum Gasteiger partial charge on any atom is -0.465 e. The SMILES string of the molecule is Cc1csc([C@H]2COCCN2Cc2ccc(C)o2)n1. The Morgan fingerprint density at radius 3 is 3.00 bits per heavy atom. The van der Waals surface area contributed by atoms with Gasteiger partial charge in [0, 0.05) is 17.6 Å². The van der Waals surface area contributed by atoms with Crippen LogP contribution in [0, 0.1) is 13.8 Å². The van der Waals surface area contributed by atoms with Crippen molar-refractivity contribution in [1.29, 1.82) is 0 Å². The molecule has 0 bridgehead atoms. The molecule has 102 valence electrons. The van der Waals surface area contributed by atoms with Crippen molar-refractivity contribution in [2.75, 3.05) is 19.8 Å². The standard InChI is InChI=1S/C14H18N2O2S/c1-10-9-19-14(15-10)13-8-17-6-5-16(13)7-12-4-3-11(2)18-12/h3-4,9,13H,5-8H2,1-2H3/t13-/m1/s1. The molecule has 1 aliphatic heterocycles. The predicted octanol–water partition coefficient (Wildman–Crippen LogP) is 2.93. The summed E-state index contributed by atoms with van der Waals surface area (Å²) in [5.74, 6) is 1.97. The van der Waals surface area contributed by atoms with E-state index in [2.05, 4.69) is 21.3 Å². The topological polar surface area (TPSA) is 38.5 Å². The van der Waals surface area contributed by atoms with E-state index in [1.165, 1.54) is 0 Å². The Labute approximate surface area is 117 Å². The fourth-order valence-corrected chi connectivity index (χ4v) is 3.27. The molecule has 0 aromatic carbocycles. The normalized spacial score (nSPS) is 20.8. The first-order valence-electron chi connectivity index (χ1n) is 6.51. The second-order valence-electron chi connectivity index (χ2n) is 4.90. The van der Waals surface area contributed by atoms with Crippen LogP contribution in [0.2, 0.25) is 0 Å². The van der Waals surface area contributed by atoms with E-state index in [0.29, 0.717) is 6.61 Å². The second-order valence-corrected chi connectivity index (χ2v) is 5.79. The molecule has 2 aromatic heterocycles. The summed E-state index contributed by atoms with van der Waals surface area (Å²) in [4.78, 5) is 6.99. The van der Waals surface area contributed by atoms with Gasteiger partial charge in [-0.15, -0.1) is 11.3 Å². The van der Waals surface area contributed by atoms with Crippen LogP contribution >= 0.6 is 11.3 Å². The Morgan fingerprint density at radius 2 is 2.32 bits per heavy atom. The number of hydrogen-bond donors (Lipinski definition) is 0. The van der Waals surface area contributed by atoms with Gasteiger partial charge in [0.1, 0.15) is 16.5 Å². The molecule has 3 rings (SSSR count). The molecule has 0 spiro atoms. The number of rotatable bonds is 3. The summed E-state index contributed by atoms with van der Waals surface area (Å²) in [6.07, 6.45) is 0. The maximum Gasteiger partial charge on any atom is 0.118 e. The highest BCUT2D eigenvalue weighted by Crippen LogP contribution is 2.28. The van der Waals surface area contributed by atoms with E-state index >= 15 is 0 Å². The van der Waals surface area contributed by atoms with Crippen LogP contribution < -0.4 is 0 Å². The average molecular weight is 278 g/mol. The number of ether oxygens (including phenoxy) is 1. The minimum atomic E-state index is 0.248. The van der Waals surface area contributed by atoms with E-state index in [4.69, 9.17) is 9.15 Å². The highest BCUT2D eigenvalue weighted by Gasteiger charge is 2.27. The molecule has 0 aliphatic carbocycles. The molecule has 1 atom stereocenters. The Kier molecular flexibility index (Phi) is 3.68. The summed E-state index contributed by atoms with van der Waals surface area (Å²) < 4.78 is 11.3. The number of aryl methyl sites for hydroxylation is 2. The second kappa shape index (κ2) is 5.45. The third kappa shape index (κ3) is 2.88. The van der Waals surface area contributed by atoms with Crippen LogP contribution in [0.4, 0.5) is 0 Å². The van der Waals surface area contributed by atoms with Gasteiger partial charge in [0.15, 0.2) is 0 Å². The summed E-state index contributed by atoms with van der Waals surface area (Å²) in [5.41, 5.74) is 1.08. The average Bonchev–Trinajstić information content (AvgIpc) is 2.99. The van der Waals surface area contributed by atoms with E-state index in [1.807, 2.05) is 19.9 Å². The Bertz CT molecular complexity index is 549. The quantitative estimate of drug-likeness (QED) is 0.865. The van der Waals surface area contributed by atoms with Crippen molar-refractivity contribution in [2.45, 2.75) is 26.4 Å². The van der Waals surface area contributed by atoms with Gasteiger partial charge in [-0.05, 0) is 26.0 Å². The van der Waals surface area contributed by atoms with Crippen molar-refractivity contribution in [2.24, 2.45) is 0 Å². The zero-order chi connectivity index (χ0) is 13.2. The van der Waals surface area contributed by atoms with E-state index < -0.39 is 0 Å². The highest BCUT2D eigenvalue weighted by molar-refractivity contribution is 7.09. The Hall–Kier alpha value is -1.17. The fraction of sp³-hybridized carbons (Fsp3) is 0.500. The van der Waals surface area contributed by atoms with Crippen molar-refractivity contribution in [3.63, 3.8) is 0 Å². The van der Waals surface area contributed by atoms with E-state index in [0.717, 1.165) is 41.9 Å². The van der Waals surface area contributed by atoms with Crippen LogP contribution in [0.1, 0.15) is 28.3 Å².